The molecule has 0 atom stereocenters. The Balaban J connectivity index is 2.00. The fourth-order valence-electron chi connectivity index (χ4n) is 2.30. The van der Waals surface area contributed by atoms with Crippen LogP contribution in [-0.4, -0.2) is 24.6 Å². The first kappa shape index (κ1) is 14.7. The van der Waals surface area contributed by atoms with E-state index in [1.54, 1.807) is 36.4 Å². The van der Waals surface area contributed by atoms with Crippen molar-refractivity contribution in [3.05, 3.63) is 57.6 Å². The first-order chi connectivity index (χ1) is 10.6. The minimum atomic E-state index is -0.0657. The van der Waals surface area contributed by atoms with E-state index >= 15 is 0 Å². The van der Waals surface area contributed by atoms with Crippen LogP contribution in [0.1, 0.15) is 15.9 Å². The molecule has 112 valence electrons. The number of halogens is 1. The number of methoxy groups -OCH3 is 1. The zero-order chi connectivity index (χ0) is 15.7. The van der Waals surface area contributed by atoms with Gasteiger partial charge in [0.05, 0.1) is 12.7 Å². The standard InChI is InChI=1S/C17H13BrO4/c1-21-16-8-13(18)10(7-14(16)19)6-11-9-22-15-5-3-2-4-12(15)17(11)20/h2-8,19H,9H2,1H3/b11-6-. The molecule has 0 saturated heterocycles. The third kappa shape index (κ3) is 2.60. The number of para-hydroxylation sites is 1. The van der Waals surface area contributed by atoms with Gasteiger partial charge in [-0.05, 0) is 35.9 Å². The number of hydrogen-bond donors (Lipinski definition) is 1. The van der Waals surface area contributed by atoms with Crippen molar-refractivity contribution in [2.75, 3.05) is 13.7 Å². The Bertz CT molecular complexity index is 780. The Labute approximate surface area is 136 Å². The average Bonchev–Trinajstić information content (AvgIpc) is 2.53. The smallest absolute Gasteiger partial charge is 0.196 e. The number of phenolic OH excluding ortho intramolecular Hbond substituents is 1. The van der Waals surface area contributed by atoms with Gasteiger partial charge in [0.25, 0.3) is 0 Å². The van der Waals surface area contributed by atoms with Crippen LogP contribution in [0.25, 0.3) is 6.08 Å². The molecule has 0 radical (unpaired) electrons. The molecule has 0 aromatic heterocycles. The average molecular weight is 361 g/mol. The number of fused-ring (bicyclic) bond motifs is 1. The molecule has 0 fully saturated rings. The summed E-state index contributed by atoms with van der Waals surface area (Å²) in [6, 6.07) is 10.4. The van der Waals surface area contributed by atoms with Gasteiger partial charge in [0.15, 0.2) is 17.3 Å². The van der Waals surface area contributed by atoms with E-state index in [0.29, 0.717) is 28.2 Å². The number of rotatable bonds is 2. The molecular weight excluding hydrogens is 348 g/mol. The molecule has 1 aliphatic rings. The second-order valence-electron chi connectivity index (χ2n) is 4.83. The summed E-state index contributed by atoms with van der Waals surface area (Å²) < 4.78 is 11.4. The molecule has 0 bridgehead atoms. The number of carbonyl (C=O) groups excluding carboxylic acids is 1. The van der Waals surface area contributed by atoms with Crippen LogP contribution in [0.2, 0.25) is 0 Å². The highest BCUT2D eigenvalue weighted by Gasteiger charge is 2.23. The van der Waals surface area contributed by atoms with Gasteiger partial charge in [0, 0.05) is 10.0 Å². The van der Waals surface area contributed by atoms with Crippen LogP contribution in [0.5, 0.6) is 17.2 Å². The van der Waals surface area contributed by atoms with Crippen LogP contribution in [0.4, 0.5) is 0 Å². The van der Waals surface area contributed by atoms with Crippen molar-refractivity contribution in [2.24, 2.45) is 0 Å². The van der Waals surface area contributed by atoms with E-state index in [9.17, 15) is 9.90 Å². The number of aromatic hydroxyl groups is 1. The van der Waals surface area contributed by atoms with E-state index < -0.39 is 0 Å². The largest absolute Gasteiger partial charge is 0.504 e. The highest BCUT2D eigenvalue weighted by Crippen LogP contribution is 2.34. The normalized spacial score (nSPS) is 15.4. The zero-order valence-corrected chi connectivity index (χ0v) is 13.4. The molecule has 3 rings (SSSR count). The van der Waals surface area contributed by atoms with Crippen molar-refractivity contribution in [1.29, 1.82) is 0 Å². The molecule has 1 N–H and O–H groups in total. The number of ketones is 1. The Kier molecular flexibility index (Phi) is 3.90. The van der Waals surface area contributed by atoms with E-state index in [0.717, 1.165) is 4.47 Å². The number of Topliss-reactive ketones (excluding diaryl/α,β-unsaturated/α-hetero) is 1. The molecule has 1 aliphatic heterocycles. The summed E-state index contributed by atoms with van der Waals surface area (Å²) in [4.78, 5) is 12.5. The van der Waals surface area contributed by atoms with Crippen molar-refractivity contribution in [1.82, 2.24) is 0 Å². The number of phenols is 1. The van der Waals surface area contributed by atoms with Crippen LogP contribution < -0.4 is 9.47 Å². The predicted octanol–water partition coefficient (Wildman–Crippen LogP) is 3.82. The van der Waals surface area contributed by atoms with E-state index in [1.165, 1.54) is 7.11 Å². The van der Waals surface area contributed by atoms with Gasteiger partial charge < -0.3 is 14.6 Å². The number of hydrogen-bond acceptors (Lipinski definition) is 4. The summed E-state index contributed by atoms with van der Waals surface area (Å²) in [6.07, 6.45) is 1.71. The highest BCUT2D eigenvalue weighted by molar-refractivity contribution is 9.10. The minimum Gasteiger partial charge on any atom is -0.504 e. The Morgan fingerprint density at radius 1 is 1.32 bits per heavy atom. The van der Waals surface area contributed by atoms with E-state index in [1.807, 2.05) is 6.07 Å². The molecule has 22 heavy (non-hydrogen) atoms. The molecule has 0 saturated carbocycles. The maximum Gasteiger partial charge on any atom is 0.196 e. The van der Waals surface area contributed by atoms with Crippen LogP contribution in [0, 0.1) is 0 Å². The molecule has 0 amide bonds. The third-order valence-electron chi connectivity index (χ3n) is 3.43. The van der Waals surface area contributed by atoms with Gasteiger partial charge in [-0.25, -0.2) is 0 Å². The van der Waals surface area contributed by atoms with E-state index in [-0.39, 0.29) is 18.1 Å². The fourth-order valence-corrected chi connectivity index (χ4v) is 2.74. The van der Waals surface area contributed by atoms with Gasteiger partial charge in [0.2, 0.25) is 0 Å². The molecule has 0 aliphatic carbocycles. The summed E-state index contributed by atoms with van der Waals surface area (Å²) in [5, 5.41) is 9.88. The molecule has 0 spiro atoms. The lowest BCUT2D eigenvalue weighted by Gasteiger charge is -2.18. The Morgan fingerprint density at radius 3 is 2.86 bits per heavy atom. The van der Waals surface area contributed by atoms with Gasteiger partial charge in [-0.3, -0.25) is 4.79 Å². The Hall–Kier alpha value is -2.27. The number of carbonyl (C=O) groups is 1. The summed E-state index contributed by atoms with van der Waals surface area (Å²) in [5.74, 6) is 0.915. The van der Waals surface area contributed by atoms with Gasteiger partial charge in [-0.15, -0.1) is 0 Å². The van der Waals surface area contributed by atoms with Gasteiger partial charge in [-0.1, -0.05) is 28.1 Å². The second kappa shape index (κ2) is 5.85. The lowest BCUT2D eigenvalue weighted by molar-refractivity contribution is 0.100. The van der Waals surface area contributed by atoms with Gasteiger partial charge in [-0.2, -0.15) is 0 Å². The minimum absolute atomic E-state index is 0.0159. The molecule has 0 unspecified atom stereocenters. The van der Waals surface area contributed by atoms with Crippen molar-refractivity contribution >= 4 is 27.8 Å². The van der Waals surface area contributed by atoms with Crippen LogP contribution >= 0.6 is 15.9 Å². The Morgan fingerprint density at radius 2 is 2.09 bits per heavy atom. The lowest BCUT2D eigenvalue weighted by atomic mass is 9.98. The van der Waals surface area contributed by atoms with E-state index in [4.69, 9.17) is 9.47 Å². The monoisotopic (exact) mass is 360 g/mol. The second-order valence-corrected chi connectivity index (χ2v) is 5.68. The lowest BCUT2D eigenvalue weighted by Crippen LogP contribution is -2.18. The summed E-state index contributed by atoms with van der Waals surface area (Å²) in [5.41, 5.74) is 1.77. The summed E-state index contributed by atoms with van der Waals surface area (Å²) >= 11 is 3.41. The quantitative estimate of drug-likeness (QED) is 0.827. The topological polar surface area (TPSA) is 55.8 Å². The van der Waals surface area contributed by atoms with E-state index in [2.05, 4.69) is 15.9 Å². The molecule has 2 aromatic carbocycles. The summed E-state index contributed by atoms with van der Waals surface area (Å²) in [7, 11) is 1.48. The maximum atomic E-state index is 12.5. The molecule has 2 aromatic rings. The first-order valence-corrected chi connectivity index (χ1v) is 7.43. The zero-order valence-electron chi connectivity index (χ0n) is 11.8. The third-order valence-corrected chi connectivity index (χ3v) is 4.12. The first-order valence-electron chi connectivity index (χ1n) is 6.63. The van der Waals surface area contributed by atoms with Gasteiger partial charge in [0.1, 0.15) is 12.4 Å². The maximum absolute atomic E-state index is 12.5. The van der Waals surface area contributed by atoms with Crippen molar-refractivity contribution in [2.45, 2.75) is 0 Å². The molecular formula is C17H13BrO4. The fraction of sp³-hybridized carbons (Fsp3) is 0.118. The SMILES string of the molecule is COc1cc(Br)c(/C=C2/COc3ccccc3C2=O)cc1O. The summed E-state index contributed by atoms with van der Waals surface area (Å²) in [6.45, 7) is 0.203. The number of benzene rings is 2. The number of ether oxygens (including phenoxy) is 2. The van der Waals surface area contributed by atoms with Gasteiger partial charge >= 0.3 is 0 Å². The van der Waals surface area contributed by atoms with Crippen molar-refractivity contribution in [3.63, 3.8) is 0 Å². The van der Waals surface area contributed by atoms with Crippen LogP contribution in [-0.2, 0) is 0 Å². The van der Waals surface area contributed by atoms with Crippen LogP contribution in [0.15, 0.2) is 46.4 Å². The molecule has 4 nitrogen and oxygen atoms in total. The predicted molar refractivity (Wildman–Crippen MR) is 86.6 cm³/mol. The molecule has 5 heteroatoms. The highest BCUT2D eigenvalue weighted by atomic mass is 79.9. The van der Waals surface area contributed by atoms with Crippen molar-refractivity contribution < 1.29 is 19.4 Å². The van der Waals surface area contributed by atoms with Crippen molar-refractivity contribution in [3.8, 4) is 17.2 Å². The molecule has 1 heterocycles. The van der Waals surface area contributed by atoms with Crippen LogP contribution in [0.3, 0.4) is 0 Å².